The topological polar surface area (TPSA) is 89.4 Å². The first-order valence-electron chi connectivity index (χ1n) is 15.1. The van der Waals surface area contributed by atoms with Crippen molar-refractivity contribution in [2.24, 2.45) is 0 Å². The van der Waals surface area contributed by atoms with Gasteiger partial charge in [-0.25, -0.2) is 4.98 Å². The van der Waals surface area contributed by atoms with Crippen molar-refractivity contribution in [3.8, 4) is 11.1 Å². The summed E-state index contributed by atoms with van der Waals surface area (Å²) < 4.78 is 5.49. The summed E-state index contributed by atoms with van der Waals surface area (Å²) in [5.41, 5.74) is 8.45. The largest absolute Gasteiger partial charge is 0.480 e. The average Bonchev–Trinajstić information content (AvgIpc) is 3.74. The molecule has 220 valence electrons. The molecule has 0 atom stereocenters. The van der Waals surface area contributed by atoms with Gasteiger partial charge in [-0.2, -0.15) is 0 Å². The molecule has 2 aromatic carbocycles. The normalized spacial score (nSPS) is 18.7. The molecular weight excluding hydrogens is 550 g/mol. The molecule has 5 heterocycles. The van der Waals surface area contributed by atoms with Gasteiger partial charge in [-0.3, -0.25) is 19.4 Å². The van der Waals surface area contributed by atoms with E-state index in [1.54, 1.807) is 0 Å². The van der Waals surface area contributed by atoms with Crippen LogP contribution in [-0.4, -0.2) is 97.3 Å². The molecule has 0 aliphatic carbocycles. The van der Waals surface area contributed by atoms with Gasteiger partial charge in [0.25, 0.3) is 5.91 Å². The Labute approximate surface area is 250 Å². The van der Waals surface area contributed by atoms with Crippen molar-refractivity contribution < 1.29 is 19.4 Å². The van der Waals surface area contributed by atoms with Crippen molar-refractivity contribution in [3.05, 3.63) is 63.1 Å². The number of carboxylic acid groups (broad SMARTS) is 1. The molecule has 0 saturated carbocycles. The number of morpholine rings is 1. The van der Waals surface area contributed by atoms with Crippen LogP contribution in [0.3, 0.4) is 0 Å². The van der Waals surface area contributed by atoms with Crippen LogP contribution in [0.25, 0.3) is 11.1 Å². The highest BCUT2D eigenvalue weighted by molar-refractivity contribution is 7.13. The van der Waals surface area contributed by atoms with Gasteiger partial charge in [-0.05, 0) is 53.6 Å². The first-order valence-corrected chi connectivity index (χ1v) is 15.9. The van der Waals surface area contributed by atoms with E-state index < -0.39 is 5.97 Å². The van der Waals surface area contributed by atoms with Crippen molar-refractivity contribution in [3.63, 3.8) is 0 Å². The number of thiazole rings is 1. The molecular formula is C32H37N5O4S. The molecule has 4 aliphatic heterocycles. The average molecular weight is 588 g/mol. The number of hydrogen-bond acceptors (Lipinski definition) is 8. The highest BCUT2D eigenvalue weighted by atomic mass is 32.1. The van der Waals surface area contributed by atoms with Crippen LogP contribution in [0.1, 0.15) is 37.9 Å². The van der Waals surface area contributed by atoms with Gasteiger partial charge in [0, 0.05) is 75.0 Å². The lowest BCUT2D eigenvalue weighted by Crippen LogP contribution is -2.38. The third kappa shape index (κ3) is 5.32. The maximum Gasteiger partial charge on any atom is 0.317 e. The van der Waals surface area contributed by atoms with Crippen molar-refractivity contribution >= 4 is 34.6 Å². The van der Waals surface area contributed by atoms with Gasteiger partial charge in [0.15, 0.2) is 5.01 Å². The Balaban J connectivity index is 1.08. The first kappa shape index (κ1) is 27.5. The highest BCUT2D eigenvalue weighted by Gasteiger charge is 2.32. The van der Waals surface area contributed by atoms with E-state index in [0.29, 0.717) is 31.1 Å². The molecule has 1 saturated heterocycles. The predicted octanol–water partition coefficient (Wildman–Crippen LogP) is 3.54. The van der Waals surface area contributed by atoms with Crippen LogP contribution < -0.4 is 9.80 Å². The van der Waals surface area contributed by atoms with Gasteiger partial charge >= 0.3 is 5.97 Å². The van der Waals surface area contributed by atoms with E-state index in [1.165, 1.54) is 39.3 Å². The minimum atomic E-state index is -0.829. The van der Waals surface area contributed by atoms with E-state index in [2.05, 4.69) is 46.2 Å². The molecule has 4 aliphatic rings. The molecule has 42 heavy (non-hydrogen) atoms. The highest BCUT2D eigenvalue weighted by Crippen LogP contribution is 2.42. The first-order chi connectivity index (χ1) is 20.5. The maximum absolute atomic E-state index is 13.7. The van der Waals surface area contributed by atoms with Crippen molar-refractivity contribution in [2.45, 2.75) is 32.2 Å². The van der Waals surface area contributed by atoms with Crippen LogP contribution in [0.2, 0.25) is 0 Å². The maximum atomic E-state index is 13.7. The van der Waals surface area contributed by atoms with Crippen molar-refractivity contribution in [2.75, 3.05) is 75.4 Å². The zero-order valence-corrected chi connectivity index (χ0v) is 24.7. The van der Waals surface area contributed by atoms with Gasteiger partial charge in [0.1, 0.15) is 0 Å². The fraction of sp³-hybridized carbons (Fsp3) is 0.469. The smallest absolute Gasteiger partial charge is 0.317 e. The molecule has 10 heteroatoms. The van der Waals surface area contributed by atoms with Crippen LogP contribution in [0, 0.1) is 0 Å². The molecule has 1 amide bonds. The minimum absolute atomic E-state index is 0.0122. The summed E-state index contributed by atoms with van der Waals surface area (Å²) in [6, 6.07) is 13.0. The van der Waals surface area contributed by atoms with E-state index in [9.17, 15) is 14.7 Å². The van der Waals surface area contributed by atoms with Crippen LogP contribution >= 0.6 is 11.3 Å². The number of benzene rings is 2. The monoisotopic (exact) mass is 587 g/mol. The molecule has 0 unspecified atom stereocenters. The molecule has 0 bridgehead atoms. The SMILES string of the molecule is O=C(O)CN1CCc2nc(C(=O)N3CCc4c(-c5cccc6c5CCN6CCCN5CCOCC5)cccc43)sc2C1. The molecule has 0 spiro atoms. The second-order valence-electron chi connectivity index (χ2n) is 11.6. The fourth-order valence-electron chi connectivity index (χ4n) is 6.97. The Hall–Kier alpha value is -3.31. The molecule has 9 nitrogen and oxygen atoms in total. The summed E-state index contributed by atoms with van der Waals surface area (Å²) in [7, 11) is 0. The van der Waals surface area contributed by atoms with E-state index in [0.717, 1.165) is 81.5 Å². The van der Waals surface area contributed by atoms with Gasteiger partial charge in [0.05, 0.1) is 25.5 Å². The predicted molar refractivity (Wildman–Crippen MR) is 164 cm³/mol. The second-order valence-corrected chi connectivity index (χ2v) is 12.7. The van der Waals surface area contributed by atoms with Gasteiger partial charge in [-0.1, -0.05) is 24.3 Å². The quantitative estimate of drug-likeness (QED) is 0.428. The number of aromatic nitrogens is 1. The molecule has 1 N–H and O–H groups in total. The Morgan fingerprint density at radius 1 is 0.857 bits per heavy atom. The number of anilines is 2. The summed E-state index contributed by atoms with van der Waals surface area (Å²) in [5, 5.41) is 9.67. The lowest BCUT2D eigenvalue weighted by atomic mass is 9.93. The van der Waals surface area contributed by atoms with Crippen LogP contribution in [-0.2, 0) is 35.3 Å². The molecule has 1 fully saturated rings. The summed E-state index contributed by atoms with van der Waals surface area (Å²) in [6.45, 7) is 8.85. The van der Waals surface area contributed by atoms with E-state index >= 15 is 0 Å². The van der Waals surface area contributed by atoms with Gasteiger partial charge in [0.2, 0.25) is 0 Å². The zero-order chi connectivity index (χ0) is 28.6. The van der Waals surface area contributed by atoms with E-state index in [4.69, 9.17) is 9.72 Å². The number of carbonyl (C=O) groups excluding carboxylic acids is 1. The van der Waals surface area contributed by atoms with Crippen molar-refractivity contribution in [1.82, 2.24) is 14.8 Å². The second kappa shape index (κ2) is 11.8. The Morgan fingerprint density at radius 3 is 2.38 bits per heavy atom. The van der Waals surface area contributed by atoms with E-state index in [1.807, 2.05) is 9.80 Å². The number of hydrogen-bond donors (Lipinski definition) is 1. The standard InChI is InChI=1S/C32H37N5O4S/c38-30(39)21-35-13-10-26-29(20-35)42-31(33-26)32(40)37-15-9-25-23(5-2-7-28(25)37)22-4-1-6-27-24(22)8-14-36(27)12-3-11-34-16-18-41-19-17-34/h1-2,4-7H,3,8-21H2,(H,38,39). The number of fused-ring (bicyclic) bond motifs is 3. The van der Waals surface area contributed by atoms with Crippen LogP contribution in [0.4, 0.5) is 11.4 Å². The molecule has 3 aromatic rings. The summed E-state index contributed by atoms with van der Waals surface area (Å²) >= 11 is 1.42. The summed E-state index contributed by atoms with van der Waals surface area (Å²) in [6.07, 6.45) is 3.69. The minimum Gasteiger partial charge on any atom is -0.480 e. The van der Waals surface area contributed by atoms with Crippen LogP contribution in [0.5, 0.6) is 0 Å². The number of carbonyl (C=O) groups is 2. The lowest BCUT2D eigenvalue weighted by Gasteiger charge is -2.28. The number of amides is 1. The summed E-state index contributed by atoms with van der Waals surface area (Å²) in [4.78, 5) is 39.5. The van der Waals surface area contributed by atoms with Crippen LogP contribution in [0.15, 0.2) is 36.4 Å². The molecule has 0 radical (unpaired) electrons. The molecule has 1 aromatic heterocycles. The Kier molecular flexibility index (Phi) is 7.70. The van der Waals surface area contributed by atoms with Crippen molar-refractivity contribution in [1.29, 1.82) is 0 Å². The Morgan fingerprint density at radius 2 is 1.60 bits per heavy atom. The number of rotatable bonds is 8. The number of aliphatic carboxylic acids is 1. The zero-order valence-electron chi connectivity index (χ0n) is 23.9. The summed E-state index contributed by atoms with van der Waals surface area (Å²) in [5.74, 6) is -0.885. The Bertz CT molecular complexity index is 1500. The third-order valence-electron chi connectivity index (χ3n) is 9.04. The third-order valence-corrected chi connectivity index (χ3v) is 10.1. The number of nitrogens with zero attached hydrogens (tertiary/aromatic N) is 5. The van der Waals surface area contributed by atoms with E-state index in [-0.39, 0.29) is 12.5 Å². The number of carboxylic acids is 1. The van der Waals surface area contributed by atoms with Gasteiger partial charge < -0.3 is 19.6 Å². The lowest BCUT2D eigenvalue weighted by molar-refractivity contribution is -0.138. The fourth-order valence-corrected chi connectivity index (χ4v) is 8.07. The molecule has 7 rings (SSSR count). The number of ether oxygens (including phenoxy) is 1. The van der Waals surface area contributed by atoms with Gasteiger partial charge in [-0.15, -0.1) is 11.3 Å².